The van der Waals surface area contributed by atoms with E-state index in [0.717, 1.165) is 70.2 Å². The van der Waals surface area contributed by atoms with Gasteiger partial charge in [-0.15, -0.1) is 0 Å². The number of ether oxygens (including phenoxy) is 3. The van der Waals surface area contributed by atoms with Crippen molar-refractivity contribution < 1.29 is 28.9 Å². The maximum Gasteiger partial charge on any atom is 0.407 e. The molecular formula is C36H56N3O6. The fraction of sp³-hybridized carbons (Fsp3) is 0.861. The van der Waals surface area contributed by atoms with E-state index >= 15 is 0 Å². The summed E-state index contributed by atoms with van der Waals surface area (Å²) in [4.78, 5) is 25.0. The first-order valence-corrected chi connectivity index (χ1v) is 17.7. The number of aliphatic hydroxyl groups excluding tert-OH is 1. The molecule has 0 aromatic heterocycles. The maximum absolute atomic E-state index is 12.8. The molecule has 3 radical (unpaired) electrons. The van der Waals surface area contributed by atoms with Crippen LogP contribution in [0.2, 0.25) is 0 Å². The van der Waals surface area contributed by atoms with Crippen molar-refractivity contribution in [3.05, 3.63) is 18.1 Å². The molecule has 2 aliphatic heterocycles. The van der Waals surface area contributed by atoms with Gasteiger partial charge in [-0.2, -0.15) is 0 Å². The molecule has 7 rings (SSSR count). The standard InChI is InChI=1S/C36H56N3O6/c1-19(2)27(45-30(41)37-8)22-15-20(3)26-28(43-22)29(40)34(7)24-10-9-23-32(4,5)25(44-31(42)39-21-16-38-17-21)11-12-35(23)18-36(24,35)14-13-33(26,34)6/h19-21,23,25-27,29,38,40H,9-18H2,1-8H3,(H,37,41)(H,39,42)/t20-,23+,25?,26+,27-,29+,33-,34-,35-,36+/m1/s1. The third-order valence-corrected chi connectivity index (χ3v) is 14.7. The first-order valence-electron chi connectivity index (χ1n) is 17.7. The van der Waals surface area contributed by atoms with E-state index in [-0.39, 0.29) is 63.1 Å². The summed E-state index contributed by atoms with van der Waals surface area (Å²) in [5.74, 6) is 2.54. The van der Waals surface area contributed by atoms with Crippen LogP contribution in [0.25, 0.3) is 0 Å². The summed E-state index contributed by atoms with van der Waals surface area (Å²) in [6.07, 6.45) is 7.76. The van der Waals surface area contributed by atoms with E-state index in [9.17, 15) is 14.7 Å². The van der Waals surface area contributed by atoms with Crippen molar-refractivity contribution >= 4 is 12.2 Å². The normalized spacial score (nSPS) is 46.4. The highest BCUT2D eigenvalue weighted by atomic mass is 16.6. The van der Waals surface area contributed by atoms with Crippen molar-refractivity contribution in [1.29, 1.82) is 0 Å². The van der Waals surface area contributed by atoms with Crippen LogP contribution < -0.4 is 16.0 Å². The fourth-order valence-corrected chi connectivity index (χ4v) is 12.3. The van der Waals surface area contributed by atoms with Gasteiger partial charge in [-0.05, 0) is 91.3 Å². The molecule has 2 saturated heterocycles. The summed E-state index contributed by atoms with van der Waals surface area (Å²) in [6.45, 7) is 17.4. The lowest BCUT2D eigenvalue weighted by Gasteiger charge is -2.63. The van der Waals surface area contributed by atoms with Crippen molar-refractivity contribution in [2.45, 2.75) is 124 Å². The number of nitrogens with one attached hydrogen (secondary N) is 3. The minimum Gasteiger partial charge on any atom is -0.446 e. The van der Waals surface area contributed by atoms with Crippen LogP contribution >= 0.6 is 0 Å². The van der Waals surface area contributed by atoms with E-state index in [2.05, 4.69) is 50.6 Å². The minimum absolute atomic E-state index is 0.0524. The molecule has 1 unspecified atom stereocenters. The maximum atomic E-state index is 12.8. The van der Waals surface area contributed by atoms with E-state index in [0.29, 0.717) is 5.92 Å². The highest BCUT2D eigenvalue weighted by Gasteiger charge is 2.85. The van der Waals surface area contributed by atoms with Crippen molar-refractivity contribution in [2.75, 3.05) is 20.1 Å². The van der Waals surface area contributed by atoms with Crippen LogP contribution in [0.1, 0.15) is 99.8 Å². The lowest BCUT2D eigenvalue weighted by molar-refractivity contribution is -0.126. The summed E-state index contributed by atoms with van der Waals surface area (Å²) in [5.41, 5.74) is -0.246. The number of rotatable bonds is 5. The smallest absolute Gasteiger partial charge is 0.407 e. The Bertz CT molecular complexity index is 1210. The molecule has 45 heavy (non-hydrogen) atoms. The van der Waals surface area contributed by atoms with Gasteiger partial charge in [0.05, 0.1) is 12.1 Å². The molecule has 5 aliphatic carbocycles. The number of carbonyl (C=O) groups excluding carboxylic acids is 2. The number of aliphatic hydroxyl groups is 1. The van der Waals surface area contributed by atoms with Crippen molar-refractivity contribution in [1.82, 2.24) is 16.0 Å². The summed E-state index contributed by atoms with van der Waals surface area (Å²) in [5, 5.41) is 21.3. The summed E-state index contributed by atoms with van der Waals surface area (Å²) < 4.78 is 18.7. The number of hydrogen-bond donors (Lipinski definition) is 4. The van der Waals surface area contributed by atoms with Crippen LogP contribution in [0.3, 0.4) is 0 Å². The van der Waals surface area contributed by atoms with Gasteiger partial charge < -0.3 is 35.3 Å². The Labute approximate surface area is 270 Å². The predicted octanol–water partition coefficient (Wildman–Crippen LogP) is 5.53. The first kappa shape index (κ1) is 32.0. The lowest BCUT2D eigenvalue weighted by atomic mass is 9.41. The second-order valence-electron chi connectivity index (χ2n) is 17.2. The Morgan fingerprint density at radius 1 is 1.07 bits per heavy atom. The van der Waals surface area contributed by atoms with Gasteiger partial charge >= 0.3 is 12.2 Å². The molecule has 251 valence electrons. The van der Waals surface area contributed by atoms with Crippen molar-refractivity contribution in [3.63, 3.8) is 0 Å². The molecule has 5 saturated carbocycles. The molecule has 7 aliphatic rings. The molecule has 9 heteroatoms. The average Bonchev–Trinajstić information content (AvgIpc) is 3.59. The minimum atomic E-state index is -0.697. The Morgan fingerprint density at radius 3 is 2.44 bits per heavy atom. The van der Waals surface area contributed by atoms with Gasteiger partial charge in [-0.3, -0.25) is 0 Å². The summed E-state index contributed by atoms with van der Waals surface area (Å²) in [6, 6.07) is 0.172. The zero-order chi connectivity index (χ0) is 32.3. The Hall–Kier alpha value is -1.58. The average molecular weight is 627 g/mol. The van der Waals surface area contributed by atoms with Crippen LogP contribution in [0, 0.1) is 68.9 Å². The number of alkyl carbamates (subject to hydrolysis) is 2. The van der Waals surface area contributed by atoms with E-state index < -0.39 is 18.3 Å². The van der Waals surface area contributed by atoms with Gasteiger partial charge in [0, 0.05) is 36.9 Å². The van der Waals surface area contributed by atoms with Crippen molar-refractivity contribution in [2.24, 2.45) is 50.7 Å². The lowest BCUT2D eigenvalue weighted by Crippen LogP contribution is -2.60. The van der Waals surface area contributed by atoms with Gasteiger partial charge in [0.25, 0.3) is 0 Å². The molecule has 2 spiro atoms. The molecule has 2 amide bonds. The first-order chi connectivity index (χ1) is 21.2. The topological polar surface area (TPSA) is 118 Å². The van der Waals surface area contributed by atoms with Crippen molar-refractivity contribution in [3.8, 4) is 0 Å². The molecule has 0 bridgehead atoms. The van der Waals surface area contributed by atoms with E-state index in [1.807, 2.05) is 13.8 Å². The Morgan fingerprint density at radius 2 is 1.80 bits per heavy atom. The highest BCUT2D eigenvalue weighted by molar-refractivity contribution is 5.68. The van der Waals surface area contributed by atoms with Gasteiger partial charge in [0.15, 0.2) is 0 Å². The largest absolute Gasteiger partial charge is 0.446 e. The predicted molar refractivity (Wildman–Crippen MR) is 169 cm³/mol. The van der Waals surface area contributed by atoms with Crippen LogP contribution in [0.15, 0.2) is 0 Å². The van der Waals surface area contributed by atoms with E-state index in [1.165, 1.54) is 6.42 Å². The summed E-state index contributed by atoms with van der Waals surface area (Å²) >= 11 is 0. The Balaban J connectivity index is 1.13. The van der Waals surface area contributed by atoms with Crippen LogP contribution in [0.4, 0.5) is 9.59 Å². The number of amides is 2. The van der Waals surface area contributed by atoms with Gasteiger partial charge in [-0.1, -0.05) is 48.5 Å². The van der Waals surface area contributed by atoms with Crippen LogP contribution in [-0.2, 0) is 14.2 Å². The molecule has 4 N–H and O–H groups in total. The zero-order valence-electron chi connectivity index (χ0n) is 28.7. The number of fused-ring (bicyclic) bond motifs is 4. The van der Waals surface area contributed by atoms with Gasteiger partial charge in [-0.25, -0.2) is 9.59 Å². The quantitative estimate of drug-likeness (QED) is 0.317. The van der Waals surface area contributed by atoms with E-state index in [4.69, 9.17) is 14.2 Å². The SMILES string of the molecule is CNC(=O)O[C@@H]([C]1C[C@@H](C)[C@H]2[C](O1)[C@H](O)[C@@]1(C)[C]3CC[C@H]4C(C)(C)C(OC(=O)NC5CNC5)CC[C@@]45C[C@@]35CC[C@]21C)C(C)C. The second kappa shape index (κ2) is 10.5. The van der Waals surface area contributed by atoms with Crippen LogP contribution in [0.5, 0.6) is 0 Å². The van der Waals surface area contributed by atoms with Gasteiger partial charge in [0.2, 0.25) is 0 Å². The third kappa shape index (κ3) is 4.20. The molecule has 0 aromatic rings. The molecule has 2 heterocycles. The Kier molecular flexibility index (Phi) is 7.43. The van der Waals surface area contributed by atoms with Crippen LogP contribution in [-0.4, -0.2) is 61.8 Å². The van der Waals surface area contributed by atoms with Gasteiger partial charge in [0.1, 0.15) is 24.4 Å². The number of hydrogen-bond acceptors (Lipinski definition) is 7. The second-order valence-corrected chi connectivity index (χ2v) is 17.2. The third-order valence-electron chi connectivity index (χ3n) is 14.7. The van der Waals surface area contributed by atoms with E-state index in [1.54, 1.807) is 13.0 Å². The zero-order valence-corrected chi connectivity index (χ0v) is 28.7. The molecule has 7 fully saturated rings. The highest BCUT2D eigenvalue weighted by Crippen LogP contribution is 2.90. The molecule has 9 nitrogen and oxygen atoms in total. The summed E-state index contributed by atoms with van der Waals surface area (Å²) in [7, 11) is 1.57. The molecule has 0 aromatic carbocycles. The monoisotopic (exact) mass is 626 g/mol. The molecule has 10 atom stereocenters. The number of carbonyl (C=O) groups is 2. The fourth-order valence-electron chi connectivity index (χ4n) is 12.3. The molecular weight excluding hydrogens is 570 g/mol.